The molecule has 0 saturated carbocycles. The van der Waals surface area contributed by atoms with Gasteiger partial charge >= 0.3 is 6.01 Å². The Kier molecular flexibility index (Phi) is 3.83. The van der Waals surface area contributed by atoms with Crippen molar-refractivity contribution in [1.29, 1.82) is 0 Å². The zero-order chi connectivity index (χ0) is 15.5. The Balaban J connectivity index is 1.66. The van der Waals surface area contributed by atoms with Crippen molar-refractivity contribution >= 4 is 27.9 Å². The highest BCUT2D eigenvalue weighted by atomic mass is 79.9. The second-order valence-electron chi connectivity index (χ2n) is 4.25. The van der Waals surface area contributed by atoms with Gasteiger partial charge in [-0.25, -0.2) is 5.43 Å². The number of nitrogens with one attached hydrogen (secondary N) is 3. The third kappa shape index (κ3) is 2.81. The third-order valence-electron chi connectivity index (χ3n) is 2.74. The molecule has 9 nitrogen and oxygen atoms in total. The Hall–Kier alpha value is -2.75. The maximum atomic E-state index is 11.9. The lowest BCUT2D eigenvalue weighted by atomic mass is 10.3. The molecule has 3 aromatic heterocycles. The standard InChI is InChI=1S/C12H10BrN7O2/c1-6-8(13)9(17-16-6)11(21)18-19-12-15-10(20-22-12)7-2-4-14-5-3-7/h2-5H,1H3,(H,16,17)(H,18,21)(H,15,19,20). The summed E-state index contributed by atoms with van der Waals surface area (Å²) in [7, 11) is 0. The lowest BCUT2D eigenvalue weighted by Crippen LogP contribution is -2.30. The smallest absolute Gasteiger partial charge is 0.313 e. The Morgan fingerprint density at radius 2 is 2.14 bits per heavy atom. The van der Waals surface area contributed by atoms with Crippen LogP contribution in [0.4, 0.5) is 6.01 Å². The van der Waals surface area contributed by atoms with Crippen LogP contribution >= 0.6 is 15.9 Å². The molecule has 0 unspecified atom stereocenters. The average Bonchev–Trinajstić information content (AvgIpc) is 3.14. The largest absolute Gasteiger partial charge is 0.340 e. The van der Waals surface area contributed by atoms with Gasteiger partial charge < -0.3 is 4.52 Å². The molecule has 0 fully saturated rings. The van der Waals surface area contributed by atoms with Gasteiger partial charge in [-0.3, -0.25) is 20.3 Å². The SMILES string of the molecule is Cc1[nH]nc(C(=O)NNc2nc(-c3ccncc3)no2)c1Br. The van der Waals surface area contributed by atoms with Gasteiger partial charge in [-0.15, -0.1) is 0 Å². The van der Waals surface area contributed by atoms with Crippen molar-refractivity contribution in [3.05, 3.63) is 40.4 Å². The summed E-state index contributed by atoms with van der Waals surface area (Å²) in [5, 5.41) is 10.4. The molecular formula is C12H10BrN7O2. The highest BCUT2D eigenvalue weighted by Crippen LogP contribution is 2.18. The Labute approximate surface area is 132 Å². The summed E-state index contributed by atoms with van der Waals surface area (Å²) in [5.74, 6) is -0.0594. The van der Waals surface area contributed by atoms with Crippen LogP contribution in [0.2, 0.25) is 0 Å². The summed E-state index contributed by atoms with van der Waals surface area (Å²) >= 11 is 3.27. The average molecular weight is 364 g/mol. The number of carbonyl (C=O) groups is 1. The van der Waals surface area contributed by atoms with E-state index in [2.05, 4.69) is 52.1 Å². The minimum absolute atomic E-state index is 0.0588. The van der Waals surface area contributed by atoms with Crippen molar-refractivity contribution < 1.29 is 9.32 Å². The van der Waals surface area contributed by atoms with Crippen molar-refractivity contribution in [2.45, 2.75) is 6.92 Å². The summed E-state index contributed by atoms with van der Waals surface area (Å²) in [5.41, 5.74) is 6.69. The van der Waals surface area contributed by atoms with Crippen LogP contribution in [0.15, 0.2) is 33.5 Å². The van der Waals surface area contributed by atoms with E-state index in [-0.39, 0.29) is 11.7 Å². The number of aromatic amines is 1. The number of hydrogen-bond donors (Lipinski definition) is 3. The number of pyridine rings is 1. The fourth-order valence-corrected chi connectivity index (χ4v) is 1.99. The molecule has 0 bridgehead atoms. The van der Waals surface area contributed by atoms with Crippen molar-refractivity contribution in [3.63, 3.8) is 0 Å². The number of hydrazine groups is 1. The van der Waals surface area contributed by atoms with Crippen molar-refractivity contribution in [1.82, 2.24) is 30.7 Å². The quantitative estimate of drug-likeness (QED) is 0.602. The molecule has 0 aromatic carbocycles. The molecule has 0 spiro atoms. The van der Waals surface area contributed by atoms with E-state index in [1.54, 1.807) is 31.5 Å². The Morgan fingerprint density at radius 1 is 1.36 bits per heavy atom. The lowest BCUT2D eigenvalue weighted by Gasteiger charge is -2.01. The normalized spacial score (nSPS) is 10.5. The third-order valence-corrected chi connectivity index (χ3v) is 3.71. The van der Waals surface area contributed by atoms with Crippen molar-refractivity contribution in [2.24, 2.45) is 0 Å². The Morgan fingerprint density at radius 3 is 2.82 bits per heavy atom. The van der Waals surface area contributed by atoms with Crippen LogP contribution in [0, 0.1) is 6.92 Å². The van der Waals surface area contributed by atoms with E-state index in [1.165, 1.54) is 0 Å². The predicted molar refractivity (Wildman–Crippen MR) is 79.6 cm³/mol. The number of H-pyrrole nitrogens is 1. The fourth-order valence-electron chi connectivity index (χ4n) is 1.63. The second-order valence-corrected chi connectivity index (χ2v) is 5.04. The molecular weight excluding hydrogens is 354 g/mol. The molecule has 0 saturated heterocycles. The maximum Gasteiger partial charge on any atom is 0.340 e. The highest BCUT2D eigenvalue weighted by molar-refractivity contribution is 9.10. The molecule has 3 heterocycles. The second kappa shape index (κ2) is 5.93. The van der Waals surface area contributed by atoms with E-state index in [4.69, 9.17) is 4.52 Å². The van der Waals surface area contributed by atoms with E-state index >= 15 is 0 Å². The molecule has 3 rings (SSSR count). The predicted octanol–water partition coefficient (Wildman–Crippen LogP) is 1.68. The minimum Gasteiger partial charge on any atom is -0.313 e. The molecule has 22 heavy (non-hydrogen) atoms. The lowest BCUT2D eigenvalue weighted by molar-refractivity contribution is 0.0955. The van der Waals surface area contributed by atoms with Crippen LogP contribution in [0.3, 0.4) is 0 Å². The first-order valence-corrected chi connectivity index (χ1v) is 6.95. The first-order valence-electron chi connectivity index (χ1n) is 6.16. The summed E-state index contributed by atoms with van der Waals surface area (Å²) < 4.78 is 5.59. The van der Waals surface area contributed by atoms with E-state index in [0.717, 1.165) is 11.3 Å². The molecule has 3 N–H and O–H groups in total. The van der Waals surface area contributed by atoms with Crippen LogP contribution in [0.25, 0.3) is 11.4 Å². The van der Waals surface area contributed by atoms with Gasteiger partial charge in [-0.2, -0.15) is 10.1 Å². The van der Waals surface area contributed by atoms with E-state index in [9.17, 15) is 4.79 Å². The molecule has 3 aromatic rings. The summed E-state index contributed by atoms with van der Waals surface area (Å²) in [6, 6.07) is 3.55. The summed E-state index contributed by atoms with van der Waals surface area (Å²) in [4.78, 5) is 20.0. The van der Waals surface area contributed by atoms with Gasteiger partial charge in [0, 0.05) is 23.7 Å². The van der Waals surface area contributed by atoms with Gasteiger partial charge in [-0.1, -0.05) is 5.16 Å². The number of anilines is 1. The van der Waals surface area contributed by atoms with Crippen LogP contribution < -0.4 is 10.9 Å². The van der Waals surface area contributed by atoms with Crippen LogP contribution in [0.1, 0.15) is 16.2 Å². The van der Waals surface area contributed by atoms with Crippen molar-refractivity contribution in [2.75, 3.05) is 5.43 Å². The highest BCUT2D eigenvalue weighted by Gasteiger charge is 2.16. The number of halogens is 1. The van der Waals surface area contributed by atoms with E-state index in [0.29, 0.717) is 10.3 Å². The number of nitrogens with zero attached hydrogens (tertiary/aromatic N) is 4. The van der Waals surface area contributed by atoms with Gasteiger partial charge in [0.05, 0.1) is 4.47 Å². The van der Waals surface area contributed by atoms with Crippen LogP contribution in [0.5, 0.6) is 0 Å². The monoisotopic (exact) mass is 363 g/mol. The zero-order valence-electron chi connectivity index (χ0n) is 11.3. The Bertz CT molecular complexity index is 799. The topological polar surface area (TPSA) is 122 Å². The number of aromatic nitrogens is 5. The number of amides is 1. The maximum absolute atomic E-state index is 11.9. The van der Waals surface area contributed by atoms with Crippen LogP contribution in [-0.4, -0.2) is 31.2 Å². The minimum atomic E-state index is -0.445. The first-order chi connectivity index (χ1) is 10.6. The van der Waals surface area contributed by atoms with E-state index < -0.39 is 5.91 Å². The molecule has 0 aliphatic heterocycles. The fraction of sp³-hybridized carbons (Fsp3) is 0.0833. The summed E-state index contributed by atoms with van der Waals surface area (Å²) in [6.45, 7) is 1.79. The molecule has 112 valence electrons. The number of rotatable bonds is 4. The number of carbonyl (C=O) groups excluding carboxylic acids is 1. The van der Waals surface area contributed by atoms with Crippen LogP contribution in [-0.2, 0) is 0 Å². The van der Waals surface area contributed by atoms with Gasteiger partial charge in [0.25, 0.3) is 5.91 Å². The van der Waals surface area contributed by atoms with Crippen molar-refractivity contribution in [3.8, 4) is 11.4 Å². The number of aryl methyl sites for hydroxylation is 1. The number of hydrogen-bond acceptors (Lipinski definition) is 7. The van der Waals surface area contributed by atoms with Gasteiger partial charge in [0.15, 0.2) is 5.69 Å². The molecule has 0 aliphatic rings. The first kappa shape index (κ1) is 14.2. The molecule has 10 heteroatoms. The van der Waals surface area contributed by atoms with Gasteiger partial charge in [-0.05, 0) is 35.0 Å². The molecule has 0 aliphatic carbocycles. The van der Waals surface area contributed by atoms with E-state index in [1.807, 2.05) is 0 Å². The van der Waals surface area contributed by atoms with Gasteiger partial charge in [0.1, 0.15) is 0 Å². The molecule has 0 radical (unpaired) electrons. The zero-order valence-corrected chi connectivity index (χ0v) is 12.9. The van der Waals surface area contributed by atoms with Gasteiger partial charge in [0.2, 0.25) is 5.82 Å². The molecule has 1 amide bonds. The molecule has 0 atom stereocenters. The summed E-state index contributed by atoms with van der Waals surface area (Å²) in [6.07, 6.45) is 3.25.